The Morgan fingerprint density at radius 2 is 2.00 bits per heavy atom. The fraction of sp³-hybridized carbons (Fsp3) is 0.941. The van der Waals surface area contributed by atoms with Crippen molar-refractivity contribution in [3.8, 4) is 0 Å². The van der Waals surface area contributed by atoms with E-state index in [9.17, 15) is 4.79 Å². The summed E-state index contributed by atoms with van der Waals surface area (Å²) in [5, 5.41) is 3.72. The highest BCUT2D eigenvalue weighted by Gasteiger charge is 2.61. The first-order chi connectivity index (χ1) is 10.1. The molecule has 2 unspecified atom stereocenters. The largest absolute Gasteiger partial charge is 0.380 e. The number of nitrogens with zero attached hydrogens (tertiary/aromatic N) is 1. The number of ether oxygens (including phenoxy) is 1. The summed E-state index contributed by atoms with van der Waals surface area (Å²) in [6.07, 6.45) is 7.44. The smallest absolute Gasteiger partial charge is 0.244 e. The first kappa shape index (κ1) is 15.3. The molecule has 21 heavy (non-hydrogen) atoms. The van der Waals surface area contributed by atoms with Gasteiger partial charge in [-0.05, 0) is 44.4 Å². The van der Waals surface area contributed by atoms with Gasteiger partial charge in [0.2, 0.25) is 5.91 Å². The predicted molar refractivity (Wildman–Crippen MR) is 82.8 cm³/mol. The van der Waals surface area contributed by atoms with Crippen LogP contribution in [0.4, 0.5) is 0 Å². The molecule has 1 spiro atoms. The van der Waals surface area contributed by atoms with E-state index in [0.717, 1.165) is 19.4 Å². The van der Waals surface area contributed by atoms with Crippen molar-refractivity contribution in [1.29, 1.82) is 0 Å². The third-order valence-corrected chi connectivity index (χ3v) is 5.58. The molecule has 3 aliphatic rings. The van der Waals surface area contributed by atoms with Crippen LogP contribution in [0.2, 0.25) is 0 Å². The van der Waals surface area contributed by atoms with Crippen LogP contribution < -0.4 is 5.32 Å². The Hall–Kier alpha value is -0.610. The van der Waals surface area contributed by atoms with Crippen LogP contribution in [0, 0.1) is 11.8 Å². The summed E-state index contributed by atoms with van der Waals surface area (Å²) >= 11 is 0. The van der Waals surface area contributed by atoms with E-state index in [0.29, 0.717) is 24.3 Å². The molecule has 1 heterocycles. The summed E-state index contributed by atoms with van der Waals surface area (Å²) in [4.78, 5) is 15.2. The van der Waals surface area contributed by atoms with E-state index < -0.39 is 0 Å². The van der Waals surface area contributed by atoms with Gasteiger partial charge in [0.25, 0.3) is 0 Å². The molecule has 3 fully saturated rings. The molecule has 0 radical (unpaired) electrons. The standard InChI is InChI=1S/C17H30N2O2/c1-4-21-11-14(12(2)3)19-15(13-7-5-6-8-13)18-17(9-10-17)16(19)20/h12-15,18H,4-11H2,1-3H3. The molecule has 2 atom stereocenters. The van der Waals surface area contributed by atoms with Crippen molar-refractivity contribution < 1.29 is 9.53 Å². The highest BCUT2D eigenvalue weighted by atomic mass is 16.5. The Balaban J connectivity index is 1.81. The zero-order valence-electron chi connectivity index (χ0n) is 13.7. The van der Waals surface area contributed by atoms with Crippen molar-refractivity contribution in [2.24, 2.45) is 11.8 Å². The molecule has 0 bridgehead atoms. The second-order valence-corrected chi connectivity index (χ2v) is 7.40. The zero-order chi connectivity index (χ0) is 15.0. The molecule has 120 valence electrons. The average molecular weight is 294 g/mol. The highest BCUT2D eigenvalue weighted by Crippen LogP contribution is 2.46. The number of hydrogen-bond donors (Lipinski definition) is 1. The molecule has 1 amide bonds. The summed E-state index contributed by atoms with van der Waals surface area (Å²) in [5.74, 6) is 1.41. The first-order valence-corrected chi connectivity index (χ1v) is 8.77. The van der Waals surface area contributed by atoms with Gasteiger partial charge in [0.05, 0.1) is 24.4 Å². The Morgan fingerprint density at radius 1 is 1.33 bits per heavy atom. The fourth-order valence-corrected chi connectivity index (χ4v) is 4.08. The summed E-state index contributed by atoms with van der Waals surface area (Å²) in [5.41, 5.74) is -0.202. The minimum Gasteiger partial charge on any atom is -0.380 e. The molecule has 1 N–H and O–H groups in total. The Morgan fingerprint density at radius 3 is 2.52 bits per heavy atom. The number of nitrogens with one attached hydrogen (secondary N) is 1. The molecule has 0 aromatic rings. The van der Waals surface area contributed by atoms with E-state index in [4.69, 9.17) is 4.74 Å². The zero-order valence-corrected chi connectivity index (χ0v) is 13.7. The van der Waals surface area contributed by atoms with Gasteiger partial charge in [0, 0.05) is 6.61 Å². The maximum Gasteiger partial charge on any atom is 0.244 e. The molecule has 4 heteroatoms. The topological polar surface area (TPSA) is 41.6 Å². The quantitative estimate of drug-likeness (QED) is 0.818. The summed E-state index contributed by atoms with van der Waals surface area (Å²) in [6.45, 7) is 7.83. The van der Waals surface area contributed by atoms with Crippen molar-refractivity contribution >= 4 is 5.91 Å². The number of amides is 1. The average Bonchev–Trinajstić information content (AvgIpc) is 2.93. The molecule has 4 nitrogen and oxygen atoms in total. The lowest BCUT2D eigenvalue weighted by Gasteiger charge is -2.37. The van der Waals surface area contributed by atoms with E-state index in [1.54, 1.807) is 0 Å². The molecule has 3 rings (SSSR count). The molecular weight excluding hydrogens is 264 g/mol. The van der Waals surface area contributed by atoms with E-state index in [2.05, 4.69) is 24.1 Å². The van der Waals surface area contributed by atoms with Gasteiger partial charge in [-0.15, -0.1) is 0 Å². The lowest BCUT2D eigenvalue weighted by Crippen LogP contribution is -2.51. The fourth-order valence-electron chi connectivity index (χ4n) is 4.08. The Kier molecular flexibility index (Phi) is 4.28. The maximum absolute atomic E-state index is 13.0. The Labute approximate surface area is 128 Å². The van der Waals surface area contributed by atoms with Gasteiger partial charge >= 0.3 is 0 Å². The molecule has 2 aliphatic carbocycles. The predicted octanol–water partition coefficient (Wildman–Crippen LogP) is 2.53. The van der Waals surface area contributed by atoms with Crippen LogP contribution in [0.3, 0.4) is 0 Å². The van der Waals surface area contributed by atoms with Gasteiger partial charge in [-0.2, -0.15) is 0 Å². The van der Waals surface area contributed by atoms with Crippen LogP contribution >= 0.6 is 0 Å². The van der Waals surface area contributed by atoms with Crippen LogP contribution in [0.25, 0.3) is 0 Å². The van der Waals surface area contributed by atoms with Crippen LogP contribution in [0.5, 0.6) is 0 Å². The third kappa shape index (κ3) is 2.72. The number of hydrogen-bond acceptors (Lipinski definition) is 3. The van der Waals surface area contributed by atoms with Crippen molar-refractivity contribution in [2.75, 3.05) is 13.2 Å². The van der Waals surface area contributed by atoms with Crippen molar-refractivity contribution in [3.63, 3.8) is 0 Å². The van der Waals surface area contributed by atoms with Gasteiger partial charge in [-0.25, -0.2) is 0 Å². The molecule has 2 saturated carbocycles. The highest BCUT2D eigenvalue weighted by molar-refractivity contribution is 5.92. The lowest BCUT2D eigenvalue weighted by molar-refractivity contribution is -0.136. The van der Waals surface area contributed by atoms with Crippen LogP contribution in [-0.2, 0) is 9.53 Å². The SMILES string of the molecule is CCOCC(C(C)C)N1C(=O)C2(CC2)NC1C1CCCC1. The van der Waals surface area contributed by atoms with Gasteiger partial charge in [0.15, 0.2) is 0 Å². The molecule has 1 saturated heterocycles. The van der Waals surface area contributed by atoms with Crippen molar-refractivity contribution in [2.45, 2.75) is 77.0 Å². The van der Waals surface area contributed by atoms with Gasteiger partial charge < -0.3 is 9.64 Å². The minimum atomic E-state index is -0.202. The number of carbonyl (C=O) groups excluding carboxylic acids is 1. The Bertz CT molecular complexity index is 386. The summed E-state index contributed by atoms with van der Waals surface area (Å²) < 4.78 is 5.70. The van der Waals surface area contributed by atoms with E-state index in [1.165, 1.54) is 25.7 Å². The van der Waals surface area contributed by atoms with Crippen LogP contribution in [0.1, 0.15) is 59.3 Å². The normalized spacial score (nSPS) is 29.8. The van der Waals surface area contributed by atoms with Crippen LogP contribution in [0.15, 0.2) is 0 Å². The maximum atomic E-state index is 13.0. The van der Waals surface area contributed by atoms with Gasteiger partial charge in [-0.1, -0.05) is 26.7 Å². The van der Waals surface area contributed by atoms with Gasteiger partial charge in [0.1, 0.15) is 0 Å². The molecule has 0 aromatic heterocycles. The second kappa shape index (κ2) is 5.88. The van der Waals surface area contributed by atoms with E-state index >= 15 is 0 Å². The molecular formula is C17H30N2O2. The minimum absolute atomic E-state index is 0.202. The first-order valence-electron chi connectivity index (χ1n) is 8.77. The van der Waals surface area contributed by atoms with Crippen LogP contribution in [-0.4, -0.2) is 41.8 Å². The third-order valence-electron chi connectivity index (χ3n) is 5.58. The molecule has 1 aliphatic heterocycles. The summed E-state index contributed by atoms with van der Waals surface area (Å²) in [7, 11) is 0. The van der Waals surface area contributed by atoms with Crippen molar-refractivity contribution in [1.82, 2.24) is 10.2 Å². The second-order valence-electron chi connectivity index (χ2n) is 7.40. The number of carbonyl (C=O) groups is 1. The number of rotatable bonds is 6. The monoisotopic (exact) mass is 294 g/mol. The summed E-state index contributed by atoms with van der Waals surface area (Å²) in [6, 6.07) is 0.204. The lowest BCUT2D eigenvalue weighted by atomic mass is 9.98. The van der Waals surface area contributed by atoms with E-state index in [-0.39, 0.29) is 17.7 Å². The van der Waals surface area contributed by atoms with Crippen molar-refractivity contribution in [3.05, 3.63) is 0 Å². The molecule has 0 aromatic carbocycles. The van der Waals surface area contributed by atoms with Gasteiger partial charge in [-0.3, -0.25) is 10.1 Å². The van der Waals surface area contributed by atoms with E-state index in [1.807, 2.05) is 6.92 Å².